The fourth-order valence-corrected chi connectivity index (χ4v) is 3.19. The second kappa shape index (κ2) is 8.12. The van der Waals surface area contributed by atoms with Crippen LogP contribution in [0.25, 0.3) is 0 Å². The normalized spacial score (nSPS) is 16.0. The Morgan fingerprint density at radius 1 is 1.04 bits per heavy atom. The van der Waals surface area contributed by atoms with E-state index >= 15 is 0 Å². The summed E-state index contributed by atoms with van der Waals surface area (Å²) in [6.45, 7) is 1.77. The molecule has 0 spiro atoms. The van der Waals surface area contributed by atoms with E-state index in [2.05, 4.69) is 10.6 Å². The summed E-state index contributed by atoms with van der Waals surface area (Å²) in [6, 6.07) is 14.6. The molecule has 2 aromatic carbocycles. The highest BCUT2D eigenvalue weighted by molar-refractivity contribution is 6.03. The number of anilines is 4. The van der Waals surface area contributed by atoms with Gasteiger partial charge >= 0.3 is 0 Å². The molecule has 7 heteroatoms. The zero-order chi connectivity index (χ0) is 20.3. The fourth-order valence-electron chi connectivity index (χ4n) is 3.19. The van der Waals surface area contributed by atoms with Gasteiger partial charge in [0.05, 0.1) is 5.92 Å². The van der Waals surface area contributed by atoms with Crippen LogP contribution in [-0.4, -0.2) is 38.4 Å². The second-order valence-electron chi connectivity index (χ2n) is 7.07. The third-order valence-corrected chi connectivity index (χ3v) is 4.62. The summed E-state index contributed by atoms with van der Waals surface area (Å²) in [6.07, 6.45) is 0.173. The summed E-state index contributed by atoms with van der Waals surface area (Å²) >= 11 is 0. The predicted molar refractivity (Wildman–Crippen MR) is 111 cm³/mol. The minimum atomic E-state index is -0.426. The van der Waals surface area contributed by atoms with Gasteiger partial charge in [-0.05, 0) is 42.5 Å². The minimum Gasteiger partial charge on any atom is -0.378 e. The highest BCUT2D eigenvalue weighted by Gasteiger charge is 2.35. The highest BCUT2D eigenvalue weighted by atomic mass is 16.2. The number of nitrogens with zero attached hydrogens (tertiary/aromatic N) is 2. The third kappa shape index (κ3) is 4.49. The van der Waals surface area contributed by atoms with Crippen molar-refractivity contribution >= 4 is 40.5 Å². The number of hydrogen-bond acceptors (Lipinski definition) is 4. The Morgan fingerprint density at radius 2 is 1.68 bits per heavy atom. The van der Waals surface area contributed by atoms with Crippen LogP contribution in [0.1, 0.15) is 13.3 Å². The fraction of sp³-hybridized carbons (Fsp3) is 0.286. The van der Waals surface area contributed by atoms with Gasteiger partial charge in [-0.15, -0.1) is 0 Å². The first-order valence-corrected chi connectivity index (χ1v) is 9.10. The molecule has 1 unspecified atom stereocenters. The lowest BCUT2D eigenvalue weighted by atomic mass is 10.1. The Kier molecular flexibility index (Phi) is 5.63. The maximum Gasteiger partial charge on any atom is 0.229 e. The number of nitrogens with one attached hydrogen (secondary N) is 2. The van der Waals surface area contributed by atoms with Gasteiger partial charge in [0.1, 0.15) is 0 Å². The zero-order valence-corrected chi connectivity index (χ0v) is 16.2. The van der Waals surface area contributed by atoms with Crippen molar-refractivity contribution in [1.82, 2.24) is 0 Å². The molecule has 0 radical (unpaired) electrons. The smallest absolute Gasteiger partial charge is 0.229 e. The number of benzene rings is 2. The van der Waals surface area contributed by atoms with Crippen molar-refractivity contribution in [2.24, 2.45) is 5.92 Å². The molecule has 1 fully saturated rings. The molecule has 2 N–H and O–H groups in total. The summed E-state index contributed by atoms with van der Waals surface area (Å²) in [7, 11) is 3.91. The van der Waals surface area contributed by atoms with Crippen molar-refractivity contribution in [3.8, 4) is 0 Å². The van der Waals surface area contributed by atoms with Crippen LogP contribution in [0.5, 0.6) is 0 Å². The van der Waals surface area contributed by atoms with Crippen LogP contribution in [0.15, 0.2) is 48.5 Å². The van der Waals surface area contributed by atoms with Crippen molar-refractivity contribution in [2.45, 2.75) is 13.3 Å². The van der Waals surface area contributed by atoms with E-state index in [-0.39, 0.29) is 24.1 Å². The standard InChI is InChI=1S/C21H24N4O3/c1-14(26)22-16-5-4-6-17(12-16)23-21(28)15-11-20(27)25(13-15)19-9-7-18(8-10-19)24(2)3/h4-10,12,15H,11,13H2,1-3H3,(H,22,26)(H,23,28). The van der Waals surface area contributed by atoms with Crippen molar-refractivity contribution in [3.05, 3.63) is 48.5 Å². The van der Waals surface area contributed by atoms with Crippen LogP contribution in [0.4, 0.5) is 22.7 Å². The maximum absolute atomic E-state index is 12.6. The molecule has 3 rings (SSSR count). The van der Waals surface area contributed by atoms with Crippen molar-refractivity contribution in [2.75, 3.05) is 41.1 Å². The van der Waals surface area contributed by atoms with Gasteiger partial charge in [-0.1, -0.05) is 6.07 Å². The van der Waals surface area contributed by atoms with Crippen LogP contribution < -0.4 is 20.4 Å². The number of carbonyl (C=O) groups excluding carboxylic acids is 3. The Labute approximate surface area is 164 Å². The van der Waals surface area contributed by atoms with E-state index in [1.807, 2.05) is 43.3 Å². The molecule has 3 amide bonds. The van der Waals surface area contributed by atoms with E-state index in [4.69, 9.17) is 0 Å². The molecule has 1 aliphatic rings. The lowest BCUT2D eigenvalue weighted by Crippen LogP contribution is -2.28. The number of hydrogen-bond donors (Lipinski definition) is 2. The molecule has 1 heterocycles. The molecular weight excluding hydrogens is 356 g/mol. The van der Waals surface area contributed by atoms with Gasteiger partial charge in [-0.2, -0.15) is 0 Å². The predicted octanol–water partition coefficient (Wildman–Crippen LogP) is 2.70. The molecule has 146 valence electrons. The van der Waals surface area contributed by atoms with E-state index in [1.165, 1.54) is 6.92 Å². The van der Waals surface area contributed by atoms with E-state index in [1.54, 1.807) is 29.2 Å². The summed E-state index contributed by atoms with van der Waals surface area (Å²) < 4.78 is 0. The summed E-state index contributed by atoms with van der Waals surface area (Å²) in [5.74, 6) is -0.878. The molecule has 1 saturated heterocycles. The Morgan fingerprint density at radius 3 is 2.29 bits per heavy atom. The first-order valence-electron chi connectivity index (χ1n) is 9.10. The minimum absolute atomic E-state index is 0.0650. The molecule has 2 aromatic rings. The Hall–Kier alpha value is -3.35. The quantitative estimate of drug-likeness (QED) is 0.836. The number of amides is 3. The SMILES string of the molecule is CC(=O)Nc1cccc(NC(=O)C2CC(=O)N(c3ccc(N(C)C)cc3)C2)c1. The Balaban J connectivity index is 1.66. The second-order valence-corrected chi connectivity index (χ2v) is 7.07. The zero-order valence-electron chi connectivity index (χ0n) is 16.2. The van der Waals surface area contributed by atoms with Gasteiger partial charge < -0.3 is 20.4 Å². The van der Waals surface area contributed by atoms with Crippen LogP contribution in [-0.2, 0) is 14.4 Å². The molecule has 0 bridgehead atoms. The van der Waals surface area contributed by atoms with Crippen molar-refractivity contribution in [3.63, 3.8) is 0 Å². The first-order chi connectivity index (χ1) is 13.3. The number of rotatable bonds is 5. The van der Waals surface area contributed by atoms with E-state index in [9.17, 15) is 14.4 Å². The first kappa shape index (κ1) is 19.4. The lowest BCUT2D eigenvalue weighted by molar-refractivity contribution is -0.122. The van der Waals surface area contributed by atoms with Gasteiger partial charge in [0, 0.05) is 56.7 Å². The van der Waals surface area contributed by atoms with Gasteiger partial charge in [-0.25, -0.2) is 0 Å². The van der Waals surface area contributed by atoms with E-state index < -0.39 is 5.92 Å². The molecule has 7 nitrogen and oxygen atoms in total. The molecular formula is C21H24N4O3. The Bertz CT molecular complexity index is 893. The summed E-state index contributed by atoms with van der Waals surface area (Å²) in [5, 5.41) is 5.52. The molecule has 0 saturated carbocycles. The molecule has 0 aromatic heterocycles. The van der Waals surface area contributed by atoms with Crippen LogP contribution >= 0.6 is 0 Å². The number of carbonyl (C=O) groups is 3. The summed E-state index contributed by atoms with van der Waals surface area (Å²) in [5.41, 5.74) is 3.02. The molecule has 1 atom stereocenters. The van der Waals surface area contributed by atoms with Gasteiger partial charge in [0.25, 0.3) is 0 Å². The maximum atomic E-state index is 12.6. The van der Waals surface area contributed by atoms with Crippen molar-refractivity contribution in [1.29, 1.82) is 0 Å². The average molecular weight is 380 g/mol. The van der Waals surface area contributed by atoms with Crippen LogP contribution in [0.2, 0.25) is 0 Å². The van der Waals surface area contributed by atoms with E-state index in [0.29, 0.717) is 17.9 Å². The highest BCUT2D eigenvalue weighted by Crippen LogP contribution is 2.28. The van der Waals surface area contributed by atoms with Gasteiger partial charge in [0.2, 0.25) is 17.7 Å². The van der Waals surface area contributed by atoms with Gasteiger partial charge in [-0.3, -0.25) is 14.4 Å². The molecule has 1 aliphatic heterocycles. The summed E-state index contributed by atoms with van der Waals surface area (Å²) in [4.78, 5) is 39.9. The average Bonchev–Trinajstić information content (AvgIpc) is 3.03. The molecule has 0 aliphatic carbocycles. The topological polar surface area (TPSA) is 81.8 Å². The van der Waals surface area contributed by atoms with Crippen LogP contribution in [0.3, 0.4) is 0 Å². The third-order valence-electron chi connectivity index (χ3n) is 4.62. The lowest BCUT2D eigenvalue weighted by Gasteiger charge is -2.19. The van der Waals surface area contributed by atoms with Gasteiger partial charge in [0.15, 0.2) is 0 Å². The van der Waals surface area contributed by atoms with Crippen molar-refractivity contribution < 1.29 is 14.4 Å². The van der Waals surface area contributed by atoms with Crippen LogP contribution in [0, 0.1) is 5.92 Å². The van der Waals surface area contributed by atoms with E-state index in [0.717, 1.165) is 11.4 Å². The molecule has 28 heavy (non-hydrogen) atoms. The monoisotopic (exact) mass is 380 g/mol. The largest absolute Gasteiger partial charge is 0.378 e.